The summed E-state index contributed by atoms with van der Waals surface area (Å²) in [6.07, 6.45) is 3.75. The van der Waals surface area contributed by atoms with Crippen LogP contribution < -0.4 is 0 Å². The van der Waals surface area contributed by atoms with Crippen molar-refractivity contribution in [3.8, 4) is 6.07 Å². The van der Waals surface area contributed by atoms with Gasteiger partial charge in [0.05, 0.1) is 29.2 Å². The smallest absolute Gasteiger partial charge is 0.272 e. The summed E-state index contributed by atoms with van der Waals surface area (Å²) < 4.78 is 2.14. The summed E-state index contributed by atoms with van der Waals surface area (Å²) in [4.78, 5) is 26.1. The van der Waals surface area contributed by atoms with Crippen molar-refractivity contribution in [2.75, 3.05) is 26.2 Å². The molecule has 33 heavy (non-hydrogen) atoms. The number of imidazole rings is 1. The van der Waals surface area contributed by atoms with Crippen LogP contribution in [0, 0.1) is 11.3 Å². The first kappa shape index (κ1) is 20.9. The minimum Gasteiger partial charge on any atom is -0.335 e. The van der Waals surface area contributed by atoms with Crippen molar-refractivity contribution in [1.82, 2.24) is 24.3 Å². The van der Waals surface area contributed by atoms with E-state index >= 15 is 0 Å². The van der Waals surface area contributed by atoms with Crippen molar-refractivity contribution in [1.29, 1.82) is 5.26 Å². The van der Waals surface area contributed by atoms with E-state index in [0.29, 0.717) is 30.9 Å². The second kappa shape index (κ2) is 9.23. The number of hydrogen-bond acceptors (Lipinski definition) is 5. The topological polar surface area (TPSA) is 78.0 Å². The fourth-order valence-electron chi connectivity index (χ4n) is 4.19. The molecule has 0 N–H and O–H groups in total. The van der Waals surface area contributed by atoms with Crippen LogP contribution in [0.5, 0.6) is 0 Å². The third kappa shape index (κ3) is 4.61. The number of piperazine rings is 1. The maximum atomic E-state index is 13.0. The zero-order valence-electron chi connectivity index (χ0n) is 18.3. The summed E-state index contributed by atoms with van der Waals surface area (Å²) in [6.45, 7) is 4.47. The molecule has 4 aromatic rings. The van der Waals surface area contributed by atoms with Gasteiger partial charge < -0.3 is 9.47 Å². The molecule has 0 bridgehead atoms. The average molecular weight is 437 g/mol. The van der Waals surface area contributed by atoms with Gasteiger partial charge in [-0.3, -0.25) is 9.69 Å². The fraction of sp³-hybridized carbons (Fsp3) is 0.231. The molecule has 1 fully saturated rings. The molecule has 0 saturated carbocycles. The lowest BCUT2D eigenvalue weighted by molar-refractivity contribution is 0.0620. The fourth-order valence-corrected chi connectivity index (χ4v) is 4.19. The molecule has 0 atom stereocenters. The number of pyridine rings is 1. The highest BCUT2D eigenvalue weighted by Crippen LogP contribution is 2.16. The Morgan fingerprint density at radius 1 is 0.939 bits per heavy atom. The van der Waals surface area contributed by atoms with E-state index in [0.717, 1.165) is 41.8 Å². The van der Waals surface area contributed by atoms with Gasteiger partial charge in [0, 0.05) is 50.9 Å². The van der Waals surface area contributed by atoms with Crippen molar-refractivity contribution in [2.45, 2.75) is 13.1 Å². The molecule has 0 unspecified atom stereocenters. The summed E-state index contributed by atoms with van der Waals surface area (Å²) in [5.41, 5.74) is 4.28. The quantitative estimate of drug-likeness (QED) is 0.480. The monoisotopic (exact) mass is 436 g/mol. The number of amides is 1. The molecule has 1 amide bonds. The van der Waals surface area contributed by atoms with Crippen LogP contribution in [0.3, 0.4) is 0 Å². The van der Waals surface area contributed by atoms with E-state index < -0.39 is 0 Å². The van der Waals surface area contributed by atoms with Crippen LogP contribution in [0.4, 0.5) is 0 Å². The van der Waals surface area contributed by atoms with Gasteiger partial charge >= 0.3 is 0 Å². The van der Waals surface area contributed by atoms with Crippen LogP contribution >= 0.6 is 0 Å². The molecule has 2 aromatic carbocycles. The van der Waals surface area contributed by atoms with Gasteiger partial charge in [-0.1, -0.05) is 36.4 Å². The number of carbonyl (C=O) groups excluding carboxylic acids is 1. The highest BCUT2D eigenvalue weighted by molar-refractivity contribution is 5.95. The van der Waals surface area contributed by atoms with Gasteiger partial charge in [-0.15, -0.1) is 0 Å². The van der Waals surface area contributed by atoms with E-state index in [2.05, 4.69) is 25.5 Å². The van der Waals surface area contributed by atoms with Crippen molar-refractivity contribution in [3.63, 3.8) is 0 Å². The third-order valence-electron chi connectivity index (χ3n) is 6.10. The van der Waals surface area contributed by atoms with Crippen molar-refractivity contribution < 1.29 is 4.79 Å². The minimum atomic E-state index is -0.00809. The number of rotatable bonds is 5. The lowest BCUT2D eigenvalue weighted by atomic mass is 10.1. The molecule has 7 nitrogen and oxygen atoms in total. The SMILES string of the molecule is N#Cc1ccc(Cn2cncc2CN2CCN(C(=O)c3ccc4ccccc4n3)CC2)cc1. The van der Waals surface area contributed by atoms with E-state index in [1.165, 1.54) is 0 Å². The maximum Gasteiger partial charge on any atom is 0.272 e. The standard InChI is InChI=1S/C26H24N6O/c27-15-20-5-7-21(8-6-20)17-32-19-28-16-23(32)18-30-11-13-31(14-12-30)26(33)25-10-9-22-3-1-2-4-24(22)29-25/h1-10,16,19H,11-14,17-18H2. The summed E-state index contributed by atoms with van der Waals surface area (Å²) in [5.74, 6) is -0.00809. The van der Waals surface area contributed by atoms with Crippen molar-refractivity contribution in [3.05, 3.63) is 95.7 Å². The van der Waals surface area contributed by atoms with Crippen molar-refractivity contribution in [2.24, 2.45) is 0 Å². The zero-order valence-corrected chi connectivity index (χ0v) is 18.3. The Bertz CT molecular complexity index is 1310. The van der Waals surface area contributed by atoms with Gasteiger partial charge in [0.15, 0.2) is 0 Å². The lowest BCUT2D eigenvalue weighted by Crippen LogP contribution is -2.48. The molecule has 0 radical (unpaired) electrons. The number of benzene rings is 2. The minimum absolute atomic E-state index is 0.00809. The largest absolute Gasteiger partial charge is 0.335 e. The lowest BCUT2D eigenvalue weighted by Gasteiger charge is -2.34. The first-order valence-electron chi connectivity index (χ1n) is 11.0. The molecular formula is C26H24N6O. The van der Waals surface area contributed by atoms with E-state index in [1.807, 2.05) is 78.1 Å². The number of fused-ring (bicyclic) bond motifs is 1. The molecule has 5 rings (SSSR count). The normalized spacial score (nSPS) is 14.3. The van der Waals surface area contributed by atoms with Crippen LogP contribution in [-0.4, -0.2) is 56.4 Å². The summed E-state index contributed by atoms with van der Waals surface area (Å²) in [6, 6.07) is 21.4. The Balaban J connectivity index is 1.19. The maximum absolute atomic E-state index is 13.0. The Kier molecular flexibility index (Phi) is 5.83. The molecule has 2 aromatic heterocycles. The van der Waals surface area contributed by atoms with E-state index in [9.17, 15) is 4.79 Å². The Morgan fingerprint density at radius 2 is 1.73 bits per heavy atom. The van der Waals surface area contributed by atoms with Gasteiger partial charge in [0.2, 0.25) is 0 Å². The van der Waals surface area contributed by atoms with E-state index in [1.54, 1.807) is 0 Å². The molecular weight excluding hydrogens is 412 g/mol. The van der Waals surface area contributed by atoms with Crippen LogP contribution in [0.15, 0.2) is 73.2 Å². The predicted molar refractivity (Wildman–Crippen MR) is 125 cm³/mol. The number of aromatic nitrogens is 3. The Morgan fingerprint density at radius 3 is 2.52 bits per heavy atom. The number of hydrogen-bond donors (Lipinski definition) is 0. The number of nitrogens with zero attached hydrogens (tertiary/aromatic N) is 6. The highest BCUT2D eigenvalue weighted by atomic mass is 16.2. The van der Waals surface area contributed by atoms with Gasteiger partial charge in [0.25, 0.3) is 5.91 Å². The predicted octanol–water partition coefficient (Wildman–Crippen LogP) is 3.31. The second-order valence-corrected chi connectivity index (χ2v) is 8.28. The summed E-state index contributed by atoms with van der Waals surface area (Å²) >= 11 is 0. The molecule has 0 aliphatic carbocycles. The molecule has 1 aliphatic heterocycles. The third-order valence-corrected chi connectivity index (χ3v) is 6.10. The molecule has 3 heterocycles. The molecule has 7 heteroatoms. The first-order valence-corrected chi connectivity index (χ1v) is 11.0. The second-order valence-electron chi connectivity index (χ2n) is 8.28. The average Bonchev–Trinajstić information content (AvgIpc) is 3.30. The van der Waals surface area contributed by atoms with Gasteiger partial charge in [0.1, 0.15) is 5.69 Å². The Hall–Kier alpha value is -4.02. The van der Waals surface area contributed by atoms with Crippen LogP contribution in [0.1, 0.15) is 27.3 Å². The number of nitriles is 1. The van der Waals surface area contributed by atoms with Gasteiger partial charge in [-0.2, -0.15) is 5.26 Å². The number of carbonyl (C=O) groups is 1. The van der Waals surface area contributed by atoms with E-state index in [4.69, 9.17) is 5.26 Å². The summed E-state index contributed by atoms with van der Waals surface area (Å²) in [5, 5.41) is 10.0. The van der Waals surface area contributed by atoms with E-state index in [-0.39, 0.29) is 5.91 Å². The zero-order chi connectivity index (χ0) is 22.6. The van der Waals surface area contributed by atoms with Crippen LogP contribution in [0.2, 0.25) is 0 Å². The summed E-state index contributed by atoms with van der Waals surface area (Å²) in [7, 11) is 0. The van der Waals surface area contributed by atoms with Gasteiger partial charge in [-0.05, 0) is 29.8 Å². The molecule has 164 valence electrons. The van der Waals surface area contributed by atoms with Gasteiger partial charge in [-0.25, -0.2) is 9.97 Å². The Labute approximate surface area is 192 Å². The van der Waals surface area contributed by atoms with Crippen LogP contribution in [0.25, 0.3) is 10.9 Å². The molecule has 1 aliphatic rings. The number of para-hydroxylation sites is 1. The van der Waals surface area contributed by atoms with Crippen LogP contribution in [-0.2, 0) is 13.1 Å². The molecule has 1 saturated heterocycles. The molecule has 0 spiro atoms. The first-order chi connectivity index (χ1) is 16.2. The highest BCUT2D eigenvalue weighted by Gasteiger charge is 2.23. The van der Waals surface area contributed by atoms with Crippen molar-refractivity contribution >= 4 is 16.8 Å².